The van der Waals surface area contributed by atoms with Crippen molar-refractivity contribution in [2.45, 2.75) is 51.4 Å². The highest BCUT2D eigenvalue weighted by Gasteiger charge is 2.24. The van der Waals surface area contributed by atoms with E-state index < -0.39 is 0 Å². The number of carbonyl (C=O) groups excluding carboxylic acids is 2. The molecule has 0 aromatic heterocycles. The van der Waals surface area contributed by atoms with E-state index in [1.165, 1.54) is 38.8 Å². The number of amides is 3. The summed E-state index contributed by atoms with van der Waals surface area (Å²) in [4.78, 5) is 29.0. The molecule has 2 aliphatic rings. The third kappa shape index (κ3) is 7.69. The normalized spacial score (nSPS) is 18.8. The fourth-order valence-corrected chi connectivity index (χ4v) is 4.29. The molecule has 0 atom stereocenters. The Kier molecular flexibility index (Phi) is 8.81. The molecule has 160 valence electrons. The molecule has 0 bridgehead atoms. The molecule has 1 aromatic carbocycles. The van der Waals surface area contributed by atoms with Gasteiger partial charge in [0, 0.05) is 31.7 Å². The Bertz CT molecular complexity index is 621. The smallest absolute Gasteiger partial charge is 0.321 e. The van der Waals surface area contributed by atoms with Crippen molar-refractivity contribution < 1.29 is 9.59 Å². The Balaban J connectivity index is 1.27. The maximum absolute atomic E-state index is 12.4. The molecular formula is C23H36N4O2. The summed E-state index contributed by atoms with van der Waals surface area (Å²) in [6, 6.07) is 9.49. The van der Waals surface area contributed by atoms with Gasteiger partial charge in [0.05, 0.1) is 0 Å². The number of nitrogens with zero attached hydrogens (tertiary/aromatic N) is 2. The Morgan fingerprint density at radius 1 is 0.931 bits per heavy atom. The Labute approximate surface area is 175 Å². The largest absolute Gasteiger partial charge is 0.356 e. The third-order valence-corrected chi connectivity index (χ3v) is 6.07. The highest BCUT2D eigenvalue weighted by Crippen LogP contribution is 2.21. The lowest BCUT2D eigenvalue weighted by Gasteiger charge is -2.31. The van der Waals surface area contributed by atoms with Gasteiger partial charge in [0.1, 0.15) is 0 Å². The topological polar surface area (TPSA) is 64.7 Å². The van der Waals surface area contributed by atoms with Gasteiger partial charge >= 0.3 is 6.03 Å². The maximum Gasteiger partial charge on any atom is 0.321 e. The van der Waals surface area contributed by atoms with Gasteiger partial charge in [-0.15, -0.1) is 0 Å². The molecule has 29 heavy (non-hydrogen) atoms. The van der Waals surface area contributed by atoms with Crippen molar-refractivity contribution in [2.24, 2.45) is 5.92 Å². The summed E-state index contributed by atoms with van der Waals surface area (Å²) < 4.78 is 0. The van der Waals surface area contributed by atoms with Crippen molar-refractivity contribution in [3.8, 4) is 0 Å². The van der Waals surface area contributed by atoms with Crippen LogP contribution in [0.15, 0.2) is 30.3 Å². The van der Waals surface area contributed by atoms with Crippen molar-refractivity contribution in [1.82, 2.24) is 15.1 Å². The molecule has 3 amide bonds. The van der Waals surface area contributed by atoms with Crippen LogP contribution >= 0.6 is 0 Å². The van der Waals surface area contributed by atoms with E-state index in [1.54, 1.807) is 0 Å². The molecule has 0 saturated carbocycles. The minimum atomic E-state index is -0.0485. The Morgan fingerprint density at radius 3 is 2.31 bits per heavy atom. The minimum Gasteiger partial charge on any atom is -0.356 e. The van der Waals surface area contributed by atoms with Crippen LogP contribution in [0.3, 0.4) is 0 Å². The molecule has 2 N–H and O–H groups in total. The Hall–Kier alpha value is -2.08. The van der Waals surface area contributed by atoms with E-state index in [2.05, 4.69) is 15.5 Å². The molecule has 1 aromatic rings. The number of nitrogens with one attached hydrogen (secondary N) is 2. The first kappa shape index (κ1) is 21.6. The van der Waals surface area contributed by atoms with Gasteiger partial charge in [-0.1, -0.05) is 31.0 Å². The van der Waals surface area contributed by atoms with E-state index in [-0.39, 0.29) is 11.9 Å². The van der Waals surface area contributed by atoms with Crippen molar-refractivity contribution in [1.29, 1.82) is 0 Å². The SMILES string of the molecule is O=C(CC1CCN(C(=O)Nc2ccccc2)CC1)NCCCN1CCCCCC1. The number of hydrogen-bond acceptors (Lipinski definition) is 3. The number of para-hydroxylation sites is 1. The lowest BCUT2D eigenvalue weighted by atomic mass is 9.93. The zero-order chi connectivity index (χ0) is 20.3. The average molecular weight is 401 g/mol. The minimum absolute atomic E-state index is 0.0485. The maximum atomic E-state index is 12.4. The molecule has 0 aliphatic carbocycles. The van der Waals surface area contributed by atoms with Crippen LogP contribution in [0, 0.1) is 5.92 Å². The fourth-order valence-electron chi connectivity index (χ4n) is 4.29. The van der Waals surface area contributed by atoms with Crippen molar-refractivity contribution in [2.75, 3.05) is 44.6 Å². The summed E-state index contributed by atoms with van der Waals surface area (Å²) in [6.07, 6.45) is 8.75. The summed E-state index contributed by atoms with van der Waals surface area (Å²) in [5.41, 5.74) is 0.819. The molecular weight excluding hydrogens is 364 g/mol. The van der Waals surface area contributed by atoms with Crippen molar-refractivity contribution in [3.63, 3.8) is 0 Å². The standard InChI is InChI=1S/C23H36N4O2/c28-22(24-13-8-16-26-14-6-1-2-7-15-26)19-20-11-17-27(18-12-20)23(29)25-21-9-4-3-5-10-21/h3-5,9-10,20H,1-2,6-8,11-19H2,(H,24,28)(H,25,29). The van der Waals surface area contributed by atoms with E-state index in [0.29, 0.717) is 25.4 Å². The molecule has 6 heteroatoms. The van der Waals surface area contributed by atoms with Gasteiger partial charge in [-0.2, -0.15) is 0 Å². The predicted molar refractivity (Wildman–Crippen MR) is 117 cm³/mol. The molecule has 2 fully saturated rings. The van der Waals surface area contributed by atoms with Gasteiger partial charge in [-0.25, -0.2) is 4.79 Å². The number of piperidine rings is 1. The van der Waals surface area contributed by atoms with Gasteiger partial charge < -0.3 is 20.4 Å². The van der Waals surface area contributed by atoms with E-state index in [1.807, 2.05) is 35.2 Å². The number of likely N-dealkylation sites (tertiary alicyclic amines) is 2. The van der Waals surface area contributed by atoms with Crippen LogP contribution in [0.1, 0.15) is 51.4 Å². The van der Waals surface area contributed by atoms with Crippen molar-refractivity contribution in [3.05, 3.63) is 30.3 Å². The summed E-state index contributed by atoms with van der Waals surface area (Å²) in [5, 5.41) is 6.03. The molecule has 2 aliphatic heterocycles. The Morgan fingerprint density at radius 2 is 1.62 bits per heavy atom. The number of carbonyl (C=O) groups is 2. The second-order valence-electron chi connectivity index (χ2n) is 8.39. The zero-order valence-electron chi connectivity index (χ0n) is 17.6. The second kappa shape index (κ2) is 11.8. The average Bonchev–Trinajstić information content (AvgIpc) is 3.01. The molecule has 0 radical (unpaired) electrons. The molecule has 3 rings (SSSR count). The van der Waals surface area contributed by atoms with Crippen molar-refractivity contribution >= 4 is 17.6 Å². The number of benzene rings is 1. The highest BCUT2D eigenvalue weighted by molar-refractivity contribution is 5.89. The fraction of sp³-hybridized carbons (Fsp3) is 0.652. The van der Waals surface area contributed by atoms with E-state index >= 15 is 0 Å². The highest BCUT2D eigenvalue weighted by atomic mass is 16.2. The monoisotopic (exact) mass is 400 g/mol. The summed E-state index contributed by atoms with van der Waals surface area (Å²) >= 11 is 0. The van der Waals surface area contributed by atoms with Crippen LogP contribution in [-0.4, -0.2) is 61.0 Å². The van der Waals surface area contributed by atoms with Gasteiger partial charge in [-0.3, -0.25) is 4.79 Å². The molecule has 6 nitrogen and oxygen atoms in total. The van der Waals surface area contributed by atoms with Gasteiger partial charge in [-0.05, 0) is 69.8 Å². The van der Waals surface area contributed by atoms with Crippen LogP contribution < -0.4 is 10.6 Å². The first-order valence-corrected chi connectivity index (χ1v) is 11.3. The summed E-state index contributed by atoms with van der Waals surface area (Å²) in [5.74, 6) is 0.537. The first-order valence-electron chi connectivity index (χ1n) is 11.3. The van der Waals surface area contributed by atoms with Crippen LogP contribution in [0.2, 0.25) is 0 Å². The van der Waals surface area contributed by atoms with E-state index in [9.17, 15) is 9.59 Å². The first-order chi connectivity index (χ1) is 14.2. The van der Waals surface area contributed by atoms with Crippen LogP contribution in [-0.2, 0) is 4.79 Å². The van der Waals surface area contributed by atoms with Gasteiger partial charge in [0.25, 0.3) is 0 Å². The number of rotatable bonds is 7. The zero-order valence-corrected chi connectivity index (χ0v) is 17.6. The number of urea groups is 1. The molecule has 0 spiro atoms. The van der Waals surface area contributed by atoms with Gasteiger partial charge in [0.15, 0.2) is 0 Å². The predicted octanol–water partition coefficient (Wildman–Crippen LogP) is 3.70. The lowest BCUT2D eigenvalue weighted by molar-refractivity contribution is -0.122. The van der Waals surface area contributed by atoms with Gasteiger partial charge in [0.2, 0.25) is 5.91 Å². The summed E-state index contributed by atoms with van der Waals surface area (Å²) in [7, 11) is 0. The van der Waals surface area contributed by atoms with E-state index in [0.717, 1.165) is 38.0 Å². The summed E-state index contributed by atoms with van der Waals surface area (Å²) in [6.45, 7) is 5.72. The quantitative estimate of drug-likeness (QED) is 0.686. The number of hydrogen-bond donors (Lipinski definition) is 2. The number of anilines is 1. The van der Waals surface area contributed by atoms with Crippen LogP contribution in [0.5, 0.6) is 0 Å². The van der Waals surface area contributed by atoms with Crippen LogP contribution in [0.4, 0.5) is 10.5 Å². The van der Waals surface area contributed by atoms with E-state index in [4.69, 9.17) is 0 Å². The lowest BCUT2D eigenvalue weighted by Crippen LogP contribution is -2.42. The molecule has 2 saturated heterocycles. The molecule has 0 unspecified atom stereocenters. The van der Waals surface area contributed by atoms with Crippen LogP contribution in [0.25, 0.3) is 0 Å². The third-order valence-electron chi connectivity index (χ3n) is 6.07. The second-order valence-corrected chi connectivity index (χ2v) is 8.39. The molecule has 2 heterocycles.